The molecule has 1 atom stereocenters. The molecule has 36 heavy (non-hydrogen) atoms. The van der Waals surface area contributed by atoms with Crippen LogP contribution in [0.4, 0.5) is 0 Å². The lowest BCUT2D eigenvalue weighted by atomic mass is 9.94. The monoisotopic (exact) mass is 495 g/mol. The van der Waals surface area contributed by atoms with E-state index in [1.165, 1.54) is 4.90 Å². The van der Waals surface area contributed by atoms with E-state index in [-0.39, 0.29) is 30.6 Å². The van der Waals surface area contributed by atoms with E-state index < -0.39 is 17.7 Å². The number of hydrogen-bond donors (Lipinski definition) is 1. The number of nitrogens with zero attached hydrogens (tertiary/aromatic N) is 1. The van der Waals surface area contributed by atoms with Crippen LogP contribution in [-0.2, 0) is 14.3 Å². The summed E-state index contributed by atoms with van der Waals surface area (Å²) in [6.45, 7) is 13.3. The van der Waals surface area contributed by atoms with Gasteiger partial charge in [0.25, 0.3) is 11.7 Å². The lowest BCUT2D eigenvalue weighted by Crippen LogP contribution is -2.33. The Kier molecular flexibility index (Phi) is 9.15. The molecule has 1 aliphatic rings. The average molecular weight is 496 g/mol. The van der Waals surface area contributed by atoms with E-state index in [9.17, 15) is 14.7 Å². The van der Waals surface area contributed by atoms with Crippen LogP contribution in [0.5, 0.6) is 11.5 Å². The highest BCUT2D eigenvalue weighted by Gasteiger charge is 2.46. The molecule has 1 saturated heterocycles. The smallest absolute Gasteiger partial charge is 0.295 e. The van der Waals surface area contributed by atoms with Crippen LogP contribution >= 0.6 is 0 Å². The van der Waals surface area contributed by atoms with Gasteiger partial charge in [0.15, 0.2) is 0 Å². The van der Waals surface area contributed by atoms with E-state index in [1.54, 1.807) is 24.3 Å². The van der Waals surface area contributed by atoms with Crippen molar-refractivity contribution in [3.8, 4) is 11.5 Å². The number of aliphatic hydroxyl groups is 1. The Morgan fingerprint density at radius 1 is 1.06 bits per heavy atom. The number of ether oxygens (including phenoxy) is 3. The van der Waals surface area contributed by atoms with Crippen LogP contribution in [0.3, 0.4) is 0 Å². The molecule has 1 aliphatic heterocycles. The fourth-order valence-corrected chi connectivity index (χ4v) is 4.16. The molecule has 194 valence electrons. The highest BCUT2D eigenvalue weighted by atomic mass is 16.5. The molecule has 1 unspecified atom stereocenters. The summed E-state index contributed by atoms with van der Waals surface area (Å²) in [5.74, 6) is 0.117. The normalized spacial score (nSPS) is 17.3. The van der Waals surface area contributed by atoms with Gasteiger partial charge < -0.3 is 24.2 Å². The highest BCUT2D eigenvalue weighted by molar-refractivity contribution is 6.46. The topological polar surface area (TPSA) is 85.3 Å². The molecule has 1 N–H and O–H groups in total. The summed E-state index contributed by atoms with van der Waals surface area (Å²) >= 11 is 0. The molecule has 1 heterocycles. The zero-order chi connectivity index (χ0) is 26.4. The van der Waals surface area contributed by atoms with Crippen LogP contribution in [0.1, 0.15) is 57.4 Å². The van der Waals surface area contributed by atoms with Crippen molar-refractivity contribution in [2.75, 3.05) is 26.4 Å². The third-order valence-corrected chi connectivity index (χ3v) is 5.83. The number of aryl methyl sites for hydroxylation is 1. The van der Waals surface area contributed by atoms with Gasteiger partial charge in [0, 0.05) is 12.1 Å². The van der Waals surface area contributed by atoms with Crippen molar-refractivity contribution in [2.45, 2.75) is 53.7 Å². The number of aliphatic hydroxyl groups excluding tert-OH is 1. The molecule has 7 heteroatoms. The Bertz CT molecular complexity index is 1120. The number of hydrogen-bond acceptors (Lipinski definition) is 6. The summed E-state index contributed by atoms with van der Waals surface area (Å²) in [5.41, 5.74) is 2.01. The van der Waals surface area contributed by atoms with Crippen LogP contribution in [0.2, 0.25) is 0 Å². The number of carbonyl (C=O) groups excluding carboxylic acids is 2. The van der Waals surface area contributed by atoms with Crippen molar-refractivity contribution < 1.29 is 28.9 Å². The Morgan fingerprint density at radius 3 is 2.44 bits per heavy atom. The first-order chi connectivity index (χ1) is 17.1. The maximum Gasteiger partial charge on any atom is 0.295 e. The summed E-state index contributed by atoms with van der Waals surface area (Å²) in [4.78, 5) is 27.8. The average Bonchev–Trinajstić information content (AvgIpc) is 3.08. The molecular formula is C29H37NO6. The maximum atomic E-state index is 13.2. The predicted octanol–water partition coefficient (Wildman–Crippen LogP) is 5.28. The van der Waals surface area contributed by atoms with Gasteiger partial charge in [0.1, 0.15) is 17.3 Å². The summed E-state index contributed by atoms with van der Waals surface area (Å²) in [7, 11) is 0. The lowest BCUT2D eigenvalue weighted by molar-refractivity contribution is -0.140. The van der Waals surface area contributed by atoms with Gasteiger partial charge in [-0.25, -0.2) is 0 Å². The standard InChI is InChI=1S/C29H37NO6/c1-7-34-23-10-8-9-21(16-23)26-25(28(32)29(33)30(26)13-14-35-19(4)5)27(31)22-11-12-24(20(6)15-22)36-17-18(2)3/h8-12,15-16,18-19,26,31H,7,13-14,17H2,1-6H3/b27-25+. The number of amides is 1. The molecular weight excluding hydrogens is 458 g/mol. The zero-order valence-corrected chi connectivity index (χ0v) is 22.0. The van der Waals surface area contributed by atoms with Crippen LogP contribution in [0, 0.1) is 12.8 Å². The van der Waals surface area contributed by atoms with Gasteiger partial charge in [-0.3, -0.25) is 9.59 Å². The van der Waals surface area contributed by atoms with Crippen LogP contribution < -0.4 is 9.47 Å². The molecule has 0 radical (unpaired) electrons. The molecule has 0 spiro atoms. The third-order valence-electron chi connectivity index (χ3n) is 5.83. The second-order valence-corrected chi connectivity index (χ2v) is 9.60. The van der Waals surface area contributed by atoms with E-state index in [1.807, 2.05) is 45.9 Å². The van der Waals surface area contributed by atoms with Crippen molar-refractivity contribution in [1.29, 1.82) is 0 Å². The van der Waals surface area contributed by atoms with Crippen LogP contribution in [0.15, 0.2) is 48.0 Å². The van der Waals surface area contributed by atoms with Crippen LogP contribution in [0.25, 0.3) is 5.76 Å². The Morgan fingerprint density at radius 2 is 1.81 bits per heavy atom. The molecule has 7 nitrogen and oxygen atoms in total. The van der Waals surface area contributed by atoms with E-state index in [4.69, 9.17) is 14.2 Å². The van der Waals surface area contributed by atoms with Crippen molar-refractivity contribution in [1.82, 2.24) is 4.90 Å². The number of likely N-dealkylation sites (tertiary alicyclic amines) is 1. The van der Waals surface area contributed by atoms with Crippen molar-refractivity contribution in [3.05, 3.63) is 64.7 Å². The second-order valence-electron chi connectivity index (χ2n) is 9.60. The highest BCUT2D eigenvalue weighted by Crippen LogP contribution is 2.40. The van der Waals surface area contributed by atoms with Crippen molar-refractivity contribution in [3.63, 3.8) is 0 Å². The predicted molar refractivity (Wildman–Crippen MR) is 139 cm³/mol. The zero-order valence-electron chi connectivity index (χ0n) is 22.0. The van der Waals surface area contributed by atoms with E-state index in [0.717, 1.165) is 5.56 Å². The number of carbonyl (C=O) groups is 2. The van der Waals surface area contributed by atoms with Crippen molar-refractivity contribution in [2.24, 2.45) is 5.92 Å². The molecule has 1 fully saturated rings. The largest absolute Gasteiger partial charge is 0.507 e. The van der Waals surface area contributed by atoms with Gasteiger partial charge in [-0.15, -0.1) is 0 Å². The van der Waals surface area contributed by atoms with Gasteiger partial charge in [0.05, 0.1) is 37.5 Å². The number of Topliss-reactive ketones (excluding diaryl/α,β-unsaturated/α-hetero) is 1. The molecule has 2 aromatic rings. The molecule has 0 saturated carbocycles. The minimum Gasteiger partial charge on any atom is -0.507 e. The minimum atomic E-state index is -0.765. The Hall–Kier alpha value is -3.32. The summed E-state index contributed by atoms with van der Waals surface area (Å²) in [6.07, 6.45) is -0.0130. The molecule has 2 aromatic carbocycles. The summed E-state index contributed by atoms with van der Waals surface area (Å²) in [5, 5.41) is 11.4. The Labute approximate surface area is 213 Å². The van der Waals surface area contributed by atoms with E-state index in [0.29, 0.717) is 41.8 Å². The summed E-state index contributed by atoms with van der Waals surface area (Å²) in [6, 6.07) is 11.8. The van der Waals surface area contributed by atoms with Crippen molar-refractivity contribution >= 4 is 17.4 Å². The van der Waals surface area contributed by atoms with Gasteiger partial charge in [-0.1, -0.05) is 26.0 Å². The third kappa shape index (κ3) is 6.26. The summed E-state index contributed by atoms with van der Waals surface area (Å²) < 4.78 is 17.2. The molecule has 0 aromatic heterocycles. The van der Waals surface area contributed by atoms with Gasteiger partial charge in [0.2, 0.25) is 0 Å². The minimum absolute atomic E-state index is 0.0130. The first kappa shape index (κ1) is 27.3. The van der Waals surface area contributed by atoms with Gasteiger partial charge >= 0.3 is 0 Å². The van der Waals surface area contributed by atoms with E-state index in [2.05, 4.69) is 13.8 Å². The quantitative estimate of drug-likeness (QED) is 0.260. The lowest BCUT2D eigenvalue weighted by Gasteiger charge is -2.26. The fraction of sp³-hybridized carbons (Fsp3) is 0.448. The van der Waals surface area contributed by atoms with E-state index >= 15 is 0 Å². The van der Waals surface area contributed by atoms with Crippen LogP contribution in [-0.4, -0.2) is 54.2 Å². The number of rotatable bonds is 11. The molecule has 1 amide bonds. The number of benzene rings is 2. The van der Waals surface area contributed by atoms with Gasteiger partial charge in [-0.2, -0.15) is 0 Å². The SMILES string of the molecule is CCOc1cccc(C2/C(=C(\O)c3ccc(OCC(C)C)c(C)c3)C(=O)C(=O)N2CCOC(C)C)c1. The first-order valence-corrected chi connectivity index (χ1v) is 12.5. The first-order valence-electron chi connectivity index (χ1n) is 12.5. The molecule has 0 bridgehead atoms. The molecule has 0 aliphatic carbocycles. The second kappa shape index (κ2) is 12.1. The number of ketones is 1. The maximum absolute atomic E-state index is 13.2. The van der Waals surface area contributed by atoms with Gasteiger partial charge in [-0.05, 0) is 75.1 Å². The fourth-order valence-electron chi connectivity index (χ4n) is 4.16. The molecule has 3 rings (SSSR count). The Balaban J connectivity index is 2.06.